The molecule has 0 heterocycles. The minimum absolute atomic E-state index is 0.00750. The second-order valence-electron chi connectivity index (χ2n) is 4.38. The smallest absolute Gasteiger partial charge is 0.422 e. The lowest BCUT2D eigenvalue weighted by Gasteiger charge is -2.12. The molecular formula is C13H16F3NO3. The van der Waals surface area contributed by atoms with E-state index in [2.05, 4.69) is 10.1 Å². The van der Waals surface area contributed by atoms with Crippen molar-refractivity contribution in [1.82, 2.24) is 5.32 Å². The van der Waals surface area contributed by atoms with Gasteiger partial charge in [-0.05, 0) is 24.6 Å². The molecule has 0 aromatic heterocycles. The third kappa shape index (κ3) is 6.42. The number of benzene rings is 1. The van der Waals surface area contributed by atoms with E-state index < -0.39 is 12.8 Å². The maximum atomic E-state index is 12.0. The number of aliphatic hydroxyl groups excluding tert-OH is 1. The lowest BCUT2D eigenvalue weighted by atomic mass is 10.1. The molecule has 0 aliphatic rings. The molecule has 1 rings (SSSR count). The van der Waals surface area contributed by atoms with Crippen molar-refractivity contribution >= 4 is 5.91 Å². The molecule has 1 aromatic rings. The zero-order chi connectivity index (χ0) is 15.2. The Bertz CT molecular complexity index is 449. The molecule has 1 aromatic carbocycles. The normalized spacial score (nSPS) is 12.8. The molecule has 20 heavy (non-hydrogen) atoms. The van der Waals surface area contributed by atoms with Crippen molar-refractivity contribution < 1.29 is 27.8 Å². The number of rotatable bonds is 6. The number of carbonyl (C=O) groups excluding carboxylic acids is 1. The van der Waals surface area contributed by atoms with E-state index in [1.165, 1.54) is 18.2 Å². The minimum atomic E-state index is -4.40. The van der Waals surface area contributed by atoms with Crippen LogP contribution in [-0.2, 0) is 11.2 Å². The van der Waals surface area contributed by atoms with Gasteiger partial charge in [-0.15, -0.1) is 0 Å². The van der Waals surface area contributed by atoms with Gasteiger partial charge in [0.05, 0.1) is 13.0 Å². The first-order valence-corrected chi connectivity index (χ1v) is 5.99. The van der Waals surface area contributed by atoms with E-state index in [9.17, 15) is 18.0 Å². The first-order valence-electron chi connectivity index (χ1n) is 5.99. The van der Waals surface area contributed by atoms with E-state index >= 15 is 0 Å². The van der Waals surface area contributed by atoms with Gasteiger partial charge in [0.1, 0.15) is 5.75 Å². The van der Waals surface area contributed by atoms with E-state index in [0.29, 0.717) is 5.56 Å². The molecule has 0 aliphatic carbocycles. The van der Waals surface area contributed by atoms with E-state index in [1.807, 2.05) is 0 Å². The Hall–Kier alpha value is -1.76. The molecule has 0 bridgehead atoms. The molecule has 0 fully saturated rings. The number of halogens is 3. The van der Waals surface area contributed by atoms with Crippen LogP contribution in [0, 0.1) is 0 Å². The standard InChI is InChI=1S/C13H16F3NO3/c1-9(7-18)17-12(19)6-10-3-2-4-11(5-10)20-8-13(14,15)16/h2-5,9,18H,6-8H2,1H3,(H,17,19). The highest BCUT2D eigenvalue weighted by Crippen LogP contribution is 2.19. The SMILES string of the molecule is CC(CO)NC(=O)Cc1cccc(OCC(F)(F)F)c1. The highest BCUT2D eigenvalue weighted by Gasteiger charge is 2.28. The summed E-state index contributed by atoms with van der Waals surface area (Å²) in [7, 11) is 0. The van der Waals surface area contributed by atoms with Gasteiger partial charge < -0.3 is 15.2 Å². The topological polar surface area (TPSA) is 58.6 Å². The Morgan fingerprint density at radius 3 is 2.75 bits per heavy atom. The highest BCUT2D eigenvalue weighted by atomic mass is 19.4. The van der Waals surface area contributed by atoms with Crippen LogP contribution >= 0.6 is 0 Å². The van der Waals surface area contributed by atoms with Gasteiger partial charge in [0, 0.05) is 6.04 Å². The third-order valence-electron chi connectivity index (χ3n) is 2.35. The number of nitrogens with one attached hydrogen (secondary N) is 1. The van der Waals surface area contributed by atoms with Crippen molar-refractivity contribution in [2.75, 3.05) is 13.2 Å². The molecule has 0 aliphatic heterocycles. The van der Waals surface area contributed by atoms with Crippen LogP contribution in [0.5, 0.6) is 5.75 Å². The molecule has 1 unspecified atom stereocenters. The van der Waals surface area contributed by atoms with Crippen LogP contribution < -0.4 is 10.1 Å². The maximum absolute atomic E-state index is 12.0. The van der Waals surface area contributed by atoms with Crippen molar-refractivity contribution in [2.24, 2.45) is 0 Å². The Morgan fingerprint density at radius 2 is 2.15 bits per heavy atom. The highest BCUT2D eigenvalue weighted by molar-refractivity contribution is 5.78. The van der Waals surface area contributed by atoms with E-state index in [-0.39, 0.29) is 30.7 Å². The summed E-state index contributed by atoms with van der Waals surface area (Å²) in [6.45, 7) is 0.0887. The zero-order valence-corrected chi connectivity index (χ0v) is 10.9. The van der Waals surface area contributed by atoms with Gasteiger partial charge in [-0.1, -0.05) is 12.1 Å². The zero-order valence-electron chi connectivity index (χ0n) is 10.9. The summed E-state index contributed by atoms with van der Waals surface area (Å²) in [5.41, 5.74) is 0.535. The Kier molecular flexibility index (Phi) is 5.82. The van der Waals surface area contributed by atoms with Crippen LogP contribution in [0.25, 0.3) is 0 Å². The van der Waals surface area contributed by atoms with Gasteiger partial charge in [0.15, 0.2) is 6.61 Å². The summed E-state index contributed by atoms with van der Waals surface area (Å²) in [5, 5.41) is 11.3. The predicted molar refractivity (Wildman–Crippen MR) is 66.4 cm³/mol. The summed E-state index contributed by atoms with van der Waals surface area (Å²) in [6, 6.07) is 5.54. The van der Waals surface area contributed by atoms with Crippen molar-refractivity contribution in [1.29, 1.82) is 0 Å². The average Bonchev–Trinajstić information content (AvgIpc) is 2.35. The molecule has 0 saturated heterocycles. The predicted octanol–water partition coefficient (Wildman–Crippen LogP) is 1.67. The Morgan fingerprint density at radius 1 is 1.45 bits per heavy atom. The lowest BCUT2D eigenvalue weighted by molar-refractivity contribution is -0.153. The third-order valence-corrected chi connectivity index (χ3v) is 2.35. The van der Waals surface area contributed by atoms with Crippen molar-refractivity contribution in [3.05, 3.63) is 29.8 Å². The quantitative estimate of drug-likeness (QED) is 0.838. The number of alkyl halides is 3. The van der Waals surface area contributed by atoms with Crippen molar-refractivity contribution in [2.45, 2.75) is 25.6 Å². The van der Waals surface area contributed by atoms with Crippen LogP contribution in [0.2, 0.25) is 0 Å². The number of hydrogen-bond donors (Lipinski definition) is 2. The maximum Gasteiger partial charge on any atom is 0.422 e. The first-order chi connectivity index (χ1) is 9.30. The molecular weight excluding hydrogens is 275 g/mol. The van der Waals surface area contributed by atoms with Crippen LogP contribution in [0.4, 0.5) is 13.2 Å². The van der Waals surface area contributed by atoms with Crippen LogP contribution in [0.15, 0.2) is 24.3 Å². The van der Waals surface area contributed by atoms with Gasteiger partial charge in [-0.2, -0.15) is 13.2 Å². The van der Waals surface area contributed by atoms with E-state index in [0.717, 1.165) is 0 Å². The molecule has 2 N–H and O–H groups in total. The summed E-state index contributed by atoms with van der Waals surface area (Å²) in [6.07, 6.45) is -4.39. The lowest BCUT2D eigenvalue weighted by Crippen LogP contribution is -2.35. The van der Waals surface area contributed by atoms with E-state index in [4.69, 9.17) is 5.11 Å². The number of carbonyl (C=O) groups is 1. The summed E-state index contributed by atoms with van der Waals surface area (Å²) in [4.78, 5) is 11.6. The Labute approximate surface area is 114 Å². The van der Waals surface area contributed by atoms with Gasteiger partial charge >= 0.3 is 6.18 Å². The molecule has 0 spiro atoms. The van der Waals surface area contributed by atoms with Crippen LogP contribution in [-0.4, -0.2) is 36.4 Å². The molecule has 1 amide bonds. The number of ether oxygens (including phenoxy) is 1. The summed E-state index contributed by atoms with van der Waals surface area (Å²) < 4.78 is 40.7. The second-order valence-corrected chi connectivity index (χ2v) is 4.38. The molecule has 0 saturated carbocycles. The van der Waals surface area contributed by atoms with Gasteiger partial charge in [-0.25, -0.2) is 0 Å². The number of hydrogen-bond acceptors (Lipinski definition) is 3. The van der Waals surface area contributed by atoms with Crippen molar-refractivity contribution in [3.63, 3.8) is 0 Å². The van der Waals surface area contributed by atoms with Crippen LogP contribution in [0.3, 0.4) is 0 Å². The average molecular weight is 291 g/mol. The monoisotopic (exact) mass is 291 g/mol. The van der Waals surface area contributed by atoms with Gasteiger partial charge in [0.2, 0.25) is 5.91 Å². The minimum Gasteiger partial charge on any atom is -0.484 e. The first kappa shape index (κ1) is 16.3. The molecule has 4 nitrogen and oxygen atoms in total. The van der Waals surface area contributed by atoms with Crippen molar-refractivity contribution in [3.8, 4) is 5.75 Å². The molecule has 112 valence electrons. The number of aliphatic hydroxyl groups is 1. The fourth-order valence-corrected chi connectivity index (χ4v) is 1.47. The molecule has 1 atom stereocenters. The van der Waals surface area contributed by atoms with Gasteiger partial charge in [-0.3, -0.25) is 4.79 Å². The molecule has 0 radical (unpaired) electrons. The van der Waals surface area contributed by atoms with Gasteiger partial charge in [0.25, 0.3) is 0 Å². The summed E-state index contributed by atoms with van der Waals surface area (Å²) >= 11 is 0. The second kappa shape index (κ2) is 7.14. The number of amides is 1. The van der Waals surface area contributed by atoms with E-state index in [1.54, 1.807) is 13.0 Å². The molecule has 7 heteroatoms. The largest absolute Gasteiger partial charge is 0.484 e. The van der Waals surface area contributed by atoms with Crippen LogP contribution in [0.1, 0.15) is 12.5 Å². The fraction of sp³-hybridized carbons (Fsp3) is 0.462. The Balaban J connectivity index is 2.57. The summed E-state index contributed by atoms with van der Waals surface area (Å²) in [5.74, 6) is -0.262. The fourth-order valence-electron chi connectivity index (χ4n) is 1.47.